The van der Waals surface area contributed by atoms with E-state index < -0.39 is 11.8 Å². The molecule has 0 amide bonds. The van der Waals surface area contributed by atoms with Crippen LogP contribution in [0.1, 0.15) is 44.0 Å². The molecule has 3 nitrogen and oxygen atoms in total. The first-order valence-electron chi connectivity index (χ1n) is 5.99. The first-order valence-corrected chi connectivity index (χ1v) is 5.99. The summed E-state index contributed by atoms with van der Waals surface area (Å²) in [4.78, 5) is 22.4. The summed E-state index contributed by atoms with van der Waals surface area (Å²) in [6.07, 6.45) is 0.944. The van der Waals surface area contributed by atoms with Crippen LogP contribution in [0.5, 0.6) is 0 Å². The molecule has 0 spiro atoms. The van der Waals surface area contributed by atoms with Crippen LogP contribution >= 0.6 is 0 Å². The zero-order chi connectivity index (χ0) is 14.0. The average molecular weight is 254 g/mol. The van der Waals surface area contributed by atoms with Crippen LogP contribution in [-0.2, 0) is 9.53 Å². The van der Waals surface area contributed by atoms with Gasteiger partial charge in [0.1, 0.15) is 12.2 Å². The van der Waals surface area contributed by atoms with Gasteiger partial charge < -0.3 is 4.74 Å². The van der Waals surface area contributed by atoms with Gasteiger partial charge in [0.25, 0.3) is 0 Å². The van der Waals surface area contributed by atoms with Crippen LogP contribution in [0.3, 0.4) is 0 Å². The number of hydrogen-bond donors (Lipinski definition) is 0. The molecule has 0 saturated heterocycles. The minimum absolute atomic E-state index is 0.246. The quantitative estimate of drug-likeness (QED) is 0.470. The molecule has 0 radical (unpaired) electrons. The van der Waals surface area contributed by atoms with Crippen molar-refractivity contribution in [2.45, 2.75) is 33.6 Å². The molecule has 0 aliphatic rings. The average Bonchev–Trinajstić information content (AvgIpc) is 2.31. The lowest BCUT2D eigenvalue weighted by Gasteiger charge is -2.01. The van der Waals surface area contributed by atoms with Crippen molar-refractivity contribution >= 4 is 11.8 Å². The molecule has 18 heavy (non-hydrogen) atoms. The highest BCUT2D eigenvalue weighted by Crippen LogP contribution is 2.06. The number of halogens is 1. The minimum Gasteiger partial charge on any atom is -0.466 e. The van der Waals surface area contributed by atoms with Crippen LogP contribution in [0.2, 0.25) is 0 Å². The number of carbonyl (C=O) groups is 2. The Bertz CT molecular complexity index is 371. The minimum atomic E-state index is -0.563. The van der Waals surface area contributed by atoms with Crippen molar-refractivity contribution in [3.05, 3.63) is 35.6 Å². The summed E-state index contributed by atoms with van der Waals surface area (Å²) < 4.78 is 17.2. The highest BCUT2D eigenvalue weighted by Gasteiger charge is 2.12. The van der Waals surface area contributed by atoms with Crippen LogP contribution in [0.4, 0.5) is 4.39 Å². The van der Waals surface area contributed by atoms with E-state index in [1.54, 1.807) is 6.92 Å². The third-order valence-corrected chi connectivity index (χ3v) is 1.78. The fourth-order valence-corrected chi connectivity index (χ4v) is 1.08. The van der Waals surface area contributed by atoms with Crippen LogP contribution in [-0.4, -0.2) is 18.4 Å². The molecule has 0 aromatic heterocycles. The highest BCUT2D eigenvalue weighted by molar-refractivity contribution is 6.05. The molecule has 0 atom stereocenters. The second kappa shape index (κ2) is 9.33. The summed E-state index contributed by atoms with van der Waals surface area (Å²) in [5.74, 6) is -1.34. The summed E-state index contributed by atoms with van der Waals surface area (Å²) in [6.45, 7) is 6.16. The smallest absolute Gasteiger partial charge is 0.313 e. The van der Waals surface area contributed by atoms with Crippen molar-refractivity contribution < 1.29 is 18.7 Å². The summed E-state index contributed by atoms with van der Waals surface area (Å²) in [7, 11) is 0. The predicted molar refractivity (Wildman–Crippen MR) is 67.9 cm³/mol. The van der Waals surface area contributed by atoms with Gasteiger partial charge in [-0.25, -0.2) is 4.39 Å². The Labute approximate surface area is 107 Å². The number of benzene rings is 1. The van der Waals surface area contributed by atoms with Crippen molar-refractivity contribution in [2.75, 3.05) is 6.61 Å². The van der Waals surface area contributed by atoms with Crippen molar-refractivity contribution in [1.29, 1.82) is 0 Å². The van der Waals surface area contributed by atoms with E-state index >= 15 is 0 Å². The van der Waals surface area contributed by atoms with Crippen LogP contribution in [0, 0.1) is 5.82 Å². The molecular weight excluding hydrogens is 235 g/mol. The second-order valence-electron chi connectivity index (χ2n) is 3.62. The van der Waals surface area contributed by atoms with Gasteiger partial charge in [0, 0.05) is 5.56 Å². The van der Waals surface area contributed by atoms with Crippen molar-refractivity contribution in [3.8, 4) is 0 Å². The lowest BCUT2D eigenvalue weighted by atomic mass is 10.1. The largest absolute Gasteiger partial charge is 0.466 e. The molecule has 1 rings (SSSR count). The fourth-order valence-electron chi connectivity index (χ4n) is 1.08. The molecule has 0 fully saturated rings. The first-order chi connectivity index (χ1) is 8.54. The maximum Gasteiger partial charge on any atom is 0.313 e. The third kappa shape index (κ3) is 6.78. The molecule has 0 unspecified atom stereocenters. The van der Waals surface area contributed by atoms with E-state index in [1.807, 2.05) is 0 Å². The van der Waals surface area contributed by atoms with Crippen LogP contribution in [0.15, 0.2) is 24.3 Å². The van der Waals surface area contributed by atoms with E-state index in [-0.39, 0.29) is 18.8 Å². The normalized spacial score (nSPS) is 9.11. The Morgan fingerprint density at radius 3 is 2.06 bits per heavy atom. The van der Waals surface area contributed by atoms with Gasteiger partial charge in [-0.1, -0.05) is 20.3 Å². The lowest BCUT2D eigenvalue weighted by molar-refractivity contribution is -0.141. The molecule has 0 heterocycles. The van der Waals surface area contributed by atoms with Gasteiger partial charge in [-0.3, -0.25) is 9.59 Å². The first kappa shape index (κ1) is 16.3. The van der Waals surface area contributed by atoms with Gasteiger partial charge >= 0.3 is 5.97 Å². The summed E-state index contributed by atoms with van der Waals surface area (Å²) in [6, 6.07) is 5.05. The van der Waals surface area contributed by atoms with Crippen LogP contribution in [0.25, 0.3) is 0 Å². The SMILES string of the molecule is CCC.CCOC(=O)CC(=O)c1ccc(F)cc1. The Morgan fingerprint density at radius 2 is 1.61 bits per heavy atom. The van der Waals surface area contributed by atoms with Gasteiger partial charge in [0.15, 0.2) is 5.78 Å². The maximum atomic E-state index is 12.5. The number of esters is 1. The van der Waals surface area contributed by atoms with Gasteiger partial charge in [-0.15, -0.1) is 0 Å². The molecule has 0 aliphatic heterocycles. The molecule has 100 valence electrons. The second-order valence-corrected chi connectivity index (χ2v) is 3.62. The Balaban J connectivity index is 0.000000873. The zero-order valence-electron chi connectivity index (χ0n) is 11.0. The zero-order valence-corrected chi connectivity index (χ0v) is 11.0. The molecular formula is C14H19FO3. The summed E-state index contributed by atoms with van der Waals surface area (Å²) in [5, 5.41) is 0. The standard InChI is InChI=1S/C11H11FO3.C3H8/c1-2-15-11(14)7-10(13)8-3-5-9(12)6-4-8;1-3-2/h3-6H,2,7H2,1H3;3H2,1-2H3. The number of rotatable bonds is 4. The van der Waals surface area contributed by atoms with Crippen molar-refractivity contribution in [1.82, 2.24) is 0 Å². The van der Waals surface area contributed by atoms with E-state index in [1.165, 1.54) is 30.7 Å². The number of hydrogen-bond acceptors (Lipinski definition) is 3. The van der Waals surface area contributed by atoms with Gasteiger partial charge in [0.2, 0.25) is 0 Å². The lowest BCUT2D eigenvalue weighted by Crippen LogP contribution is -2.11. The van der Waals surface area contributed by atoms with E-state index in [9.17, 15) is 14.0 Å². The fraction of sp³-hybridized carbons (Fsp3) is 0.429. The number of ether oxygens (including phenoxy) is 1. The Morgan fingerprint density at radius 1 is 1.11 bits per heavy atom. The van der Waals surface area contributed by atoms with E-state index in [4.69, 9.17) is 0 Å². The molecule has 1 aromatic rings. The Kier molecular flexibility index (Phi) is 8.45. The number of ketones is 1. The number of Topliss-reactive ketones (excluding diaryl/α,β-unsaturated/α-hetero) is 1. The third-order valence-electron chi connectivity index (χ3n) is 1.78. The molecule has 0 saturated carbocycles. The molecule has 0 bridgehead atoms. The summed E-state index contributed by atoms with van der Waals surface area (Å²) >= 11 is 0. The van der Waals surface area contributed by atoms with Gasteiger partial charge in [-0.05, 0) is 31.2 Å². The molecule has 1 aromatic carbocycles. The van der Waals surface area contributed by atoms with Gasteiger partial charge in [-0.2, -0.15) is 0 Å². The predicted octanol–water partition coefficient (Wildman–Crippen LogP) is 3.38. The number of carbonyl (C=O) groups excluding carboxylic acids is 2. The Hall–Kier alpha value is -1.71. The molecule has 0 aliphatic carbocycles. The van der Waals surface area contributed by atoms with E-state index in [0.717, 1.165) is 0 Å². The highest BCUT2D eigenvalue weighted by atomic mass is 19.1. The molecule has 0 N–H and O–H groups in total. The van der Waals surface area contributed by atoms with Crippen molar-refractivity contribution in [3.63, 3.8) is 0 Å². The van der Waals surface area contributed by atoms with E-state index in [0.29, 0.717) is 5.56 Å². The maximum absolute atomic E-state index is 12.5. The summed E-state index contributed by atoms with van der Waals surface area (Å²) in [5.41, 5.74) is 0.310. The van der Waals surface area contributed by atoms with E-state index in [2.05, 4.69) is 18.6 Å². The van der Waals surface area contributed by atoms with Crippen LogP contribution < -0.4 is 0 Å². The topological polar surface area (TPSA) is 43.4 Å². The van der Waals surface area contributed by atoms with Gasteiger partial charge in [0.05, 0.1) is 6.61 Å². The monoisotopic (exact) mass is 254 g/mol. The molecule has 4 heteroatoms. The van der Waals surface area contributed by atoms with Crippen molar-refractivity contribution in [2.24, 2.45) is 0 Å².